The van der Waals surface area contributed by atoms with Crippen molar-refractivity contribution < 1.29 is 44.2 Å². The van der Waals surface area contributed by atoms with E-state index < -0.39 is 61.1 Å². The molecule has 13 nitrogen and oxygen atoms in total. The van der Waals surface area contributed by atoms with Crippen molar-refractivity contribution in [3.8, 4) is 0 Å². The molecule has 37 heavy (non-hydrogen) atoms. The molecule has 13 heteroatoms. The predicted molar refractivity (Wildman–Crippen MR) is 132 cm³/mol. The Hall–Kier alpha value is -1.39. The van der Waals surface area contributed by atoms with Crippen molar-refractivity contribution in [2.24, 2.45) is 17.4 Å². The van der Waals surface area contributed by atoms with Crippen LogP contribution in [-0.2, 0) is 23.7 Å². The van der Waals surface area contributed by atoms with Crippen LogP contribution in [0.2, 0.25) is 0 Å². The summed E-state index contributed by atoms with van der Waals surface area (Å²) >= 11 is 0. The molecule has 2 heterocycles. The number of carbonyl (C=O) groups excluding carboxylic acids is 1. The highest BCUT2D eigenvalue weighted by atomic mass is 16.7. The minimum absolute atomic E-state index is 0.0109. The largest absolute Gasteiger partial charge is 0.468 e. The van der Waals surface area contributed by atoms with Crippen molar-refractivity contribution in [3.05, 3.63) is 11.8 Å². The summed E-state index contributed by atoms with van der Waals surface area (Å²) in [6, 6.07) is -1.46. The van der Waals surface area contributed by atoms with E-state index in [1.165, 1.54) is 0 Å². The zero-order chi connectivity index (χ0) is 26.9. The van der Waals surface area contributed by atoms with Crippen molar-refractivity contribution >= 4 is 5.91 Å². The molecule has 0 aromatic heterocycles. The van der Waals surface area contributed by atoms with Crippen LogP contribution in [0.3, 0.4) is 0 Å². The lowest BCUT2D eigenvalue weighted by molar-refractivity contribution is -0.282. The molecule has 1 aliphatic carbocycles. The molecule has 0 spiro atoms. The van der Waals surface area contributed by atoms with E-state index in [9.17, 15) is 20.1 Å². The summed E-state index contributed by atoms with van der Waals surface area (Å²) in [6.45, 7) is 3.33. The van der Waals surface area contributed by atoms with Gasteiger partial charge in [0.25, 0.3) is 0 Å². The van der Waals surface area contributed by atoms with Gasteiger partial charge >= 0.3 is 0 Å². The molecule has 0 radical (unpaired) electrons. The van der Waals surface area contributed by atoms with Gasteiger partial charge in [0, 0.05) is 19.0 Å². The lowest BCUT2D eigenvalue weighted by atomic mass is 9.83. The first-order valence-electron chi connectivity index (χ1n) is 13.1. The van der Waals surface area contributed by atoms with Crippen molar-refractivity contribution in [2.45, 2.75) is 94.2 Å². The smallest absolute Gasteiger partial charge is 0.249 e. The Morgan fingerprint density at radius 3 is 2.76 bits per heavy atom. The van der Waals surface area contributed by atoms with Crippen LogP contribution < -0.4 is 22.1 Å². The normalized spacial score (nSPS) is 37.4. The molecular weight excluding hydrogens is 488 g/mol. The van der Waals surface area contributed by atoms with E-state index >= 15 is 0 Å². The van der Waals surface area contributed by atoms with Gasteiger partial charge < -0.3 is 61.5 Å². The van der Waals surface area contributed by atoms with Crippen LogP contribution in [0.1, 0.15) is 39.0 Å². The maximum Gasteiger partial charge on any atom is 0.249 e. The van der Waals surface area contributed by atoms with Crippen LogP contribution in [0.15, 0.2) is 11.8 Å². The predicted octanol–water partition coefficient (Wildman–Crippen LogP) is -2.61. The molecule has 0 aromatic carbocycles. The molecule has 2 fully saturated rings. The number of amides is 1. The maximum atomic E-state index is 12.5. The number of hydrogen-bond donors (Lipinski definition) is 8. The van der Waals surface area contributed by atoms with Crippen molar-refractivity contribution in [2.75, 3.05) is 32.8 Å². The highest BCUT2D eigenvalue weighted by molar-refractivity contribution is 5.80. The van der Waals surface area contributed by atoms with E-state index in [1.807, 2.05) is 13.0 Å². The van der Waals surface area contributed by atoms with Crippen LogP contribution in [0.25, 0.3) is 0 Å². The Labute approximate surface area is 217 Å². The van der Waals surface area contributed by atoms with Crippen molar-refractivity contribution in [1.29, 1.82) is 0 Å². The Bertz CT molecular complexity index is 745. The molecule has 1 saturated carbocycles. The number of nitrogens with one attached hydrogen (secondary N) is 2. The molecule has 2 aliphatic heterocycles. The first-order valence-corrected chi connectivity index (χ1v) is 13.1. The van der Waals surface area contributed by atoms with Gasteiger partial charge in [-0.25, -0.2) is 0 Å². The zero-order valence-electron chi connectivity index (χ0n) is 21.4. The summed E-state index contributed by atoms with van der Waals surface area (Å²) in [7, 11) is 0. The Morgan fingerprint density at radius 1 is 1.27 bits per heavy atom. The first kappa shape index (κ1) is 30.2. The average molecular weight is 533 g/mol. The van der Waals surface area contributed by atoms with Crippen LogP contribution in [0.4, 0.5) is 0 Å². The third-order valence-electron chi connectivity index (χ3n) is 6.84. The summed E-state index contributed by atoms with van der Waals surface area (Å²) < 4.78 is 23.7. The topological polar surface area (TPSA) is 211 Å². The van der Waals surface area contributed by atoms with Crippen LogP contribution in [-0.4, -0.2) is 114 Å². The lowest BCUT2D eigenvalue weighted by Gasteiger charge is -2.46. The van der Waals surface area contributed by atoms with Gasteiger partial charge in [-0.2, -0.15) is 0 Å². The summed E-state index contributed by atoms with van der Waals surface area (Å²) in [5, 5.41) is 46.6. The number of nitrogens with two attached hydrogens (primary N) is 2. The van der Waals surface area contributed by atoms with E-state index in [1.54, 1.807) is 0 Å². The molecule has 0 unspecified atom stereocenters. The number of carbonyl (C=O) groups is 1. The molecule has 3 rings (SSSR count). The number of ether oxygens (including phenoxy) is 4. The quantitative estimate of drug-likeness (QED) is 0.122. The average Bonchev–Trinajstić information content (AvgIpc) is 2.86. The second kappa shape index (κ2) is 14.7. The highest BCUT2D eigenvalue weighted by Gasteiger charge is 2.48. The standard InChI is InChI=1S/C24H44N4O9/c1-13-9-18(31)24(34-12-13)37-22-16(28-23(33)17(30)5-6-25)10-15(26)21(20(22)32)36-19-4-2-3-14(35-19)11-27-7-8-29/h3,13,15-22,24,27,29-32H,2,4-12,25-26H2,1H3,(H,28,33)/t13-,15-,16+,17+,18+,19+,20-,21+,22-,24+/m0/s1. The monoisotopic (exact) mass is 532 g/mol. The number of aliphatic hydroxyl groups excluding tert-OH is 4. The van der Waals surface area contributed by atoms with Crippen molar-refractivity contribution in [1.82, 2.24) is 10.6 Å². The Kier molecular flexibility index (Phi) is 12.0. The van der Waals surface area contributed by atoms with Crippen molar-refractivity contribution in [3.63, 3.8) is 0 Å². The van der Waals surface area contributed by atoms with Gasteiger partial charge in [0.05, 0.1) is 25.8 Å². The van der Waals surface area contributed by atoms with Gasteiger partial charge in [-0.1, -0.05) is 6.92 Å². The first-order chi connectivity index (χ1) is 17.7. The van der Waals surface area contributed by atoms with E-state index in [-0.39, 0.29) is 31.9 Å². The van der Waals surface area contributed by atoms with E-state index in [0.29, 0.717) is 44.7 Å². The minimum Gasteiger partial charge on any atom is -0.468 e. The molecule has 1 saturated heterocycles. The molecule has 214 valence electrons. The van der Waals surface area contributed by atoms with Gasteiger partial charge in [-0.3, -0.25) is 4.79 Å². The number of rotatable bonds is 12. The fraction of sp³-hybridized carbons (Fsp3) is 0.875. The number of hydrogen-bond acceptors (Lipinski definition) is 12. The summed E-state index contributed by atoms with van der Waals surface area (Å²) in [5.41, 5.74) is 11.9. The number of aliphatic hydroxyl groups is 4. The molecule has 0 aromatic rings. The highest BCUT2D eigenvalue weighted by Crippen LogP contribution is 2.31. The van der Waals surface area contributed by atoms with Gasteiger partial charge in [-0.15, -0.1) is 0 Å². The molecule has 1 amide bonds. The second-order valence-electron chi connectivity index (χ2n) is 10.1. The fourth-order valence-electron chi connectivity index (χ4n) is 4.88. The van der Waals surface area contributed by atoms with Gasteiger partial charge in [0.15, 0.2) is 12.6 Å². The third kappa shape index (κ3) is 8.55. The van der Waals surface area contributed by atoms with Gasteiger partial charge in [0.1, 0.15) is 36.3 Å². The third-order valence-corrected chi connectivity index (χ3v) is 6.84. The van der Waals surface area contributed by atoms with Crippen LogP contribution in [0, 0.1) is 5.92 Å². The van der Waals surface area contributed by atoms with E-state index in [2.05, 4.69) is 10.6 Å². The SMILES string of the molecule is C[C@@H]1CO[C@H](O[C@@H]2[C@@H](O)[C@H](O[C@@H]3CCC=C(CNCCO)O3)[C@@H](N)C[C@H]2NC(=O)[C@H](O)CCN)[C@H](O)C1. The minimum atomic E-state index is -1.31. The molecule has 10 atom stereocenters. The Morgan fingerprint density at radius 2 is 2.05 bits per heavy atom. The zero-order valence-corrected chi connectivity index (χ0v) is 21.4. The van der Waals surface area contributed by atoms with Crippen LogP contribution in [0.5, 0.6) is 0 Å². The van der Waals surface area contributed by atoms with Gasteiger partial charge in [-0.05, 0) is 44.2 Å². The summed E-state index contributed by atoms with van der Waals surface area (Å²) in [6.07, 6.45) is -3.17. The summed E-state index contributed by atoms with van der Waals surface area (Å²) in [5.74, 6) is 0.167. The molecule has 3 aliphatic rings. The molecule has 10 N–H and O–H groups in total. The van der Waals surface area contributed by atoms with Crippen LogP contribution >= 0.6 is 0 Å². The molecular formula is C24H44N4O9. The lowest BCUT2D eigenvalue weighted by Crippen LogP contribution is -2.66. The molecule has 0 bridgehead atoms. The Balaban J connectivity index is 1.70. The van der Waals surface area contributed by atoms with Gasteiger partial charge in [0.2, 0.25) is 5.91 Å². The fourth-order valence-corrected chi connectivity index (χ4v) is 4.88. The second-order valence-corrected chi connectivity index (χ2v) is 10.1. The summed E-state index contributed by atoms with van der Waals surface area (Å²) in [4.78, 5) is 12.5. The number of allylic oxidation sites excluding steroid dienone is 1. The van der Waals surface area contributed by atoms with E-state index in [4.69, 9.17) is 35.5 Å². The van der Waals surface area contributed by atoms with E-state index in [0.717, 1.165) is 0 Å². The maximum absolute atomic E-state index is 12.5.